The standard InChI is InChI=1S/C23H16F3N/c24-23(25,26)22(20-13-7-8-17(14-20)16-27)15-21(18-9-3-1-4-10-18)19-11-5-2-6-12-19/h1-15,22H. The van der Waals surface area contributed by atoms with Crippen LogP contribution in [0.25, 0.3) is 5.57 Å². The molecule has 0 aliphatic heterocycles. The van der Waals surface area contributed by atoms with E-state index in [9.17, 15) is 13.2 Å². The molecule has 0 heterocycles. The molecule has 4 heteroatoms. The zero-order valence-corrected chi connectivity index (χ0v) is 14.3. The Morgan fingerprint density at radius 3 is 1.85 bits per heavy atom. The summed E-state index contributed by atoms with van der Waals surface area (Å²) in [6.45, 7) is 0. The molecule has 0 bridgehead atoms. The van der Waals surface area contributed by atoms with Crippen molar-refractivity contribution in [2.45, 2.75) is 12.1 Å². The van der Waals surface area contributed by atoms with Gasteiger partial charge in [0.15, 0.2) is 0 Å². The van der Waals surface area contributed by atoms with Crippen LogP contribution in [-0.4, -0.2) is 6.18 Å². The molecule has 1 unspecified atom stereocenters. The van der Waals surface area contributed by atoms with Gasteiger partial charge in [-0.1, -0.05) is 78.9 Å². The van der Waals surface area contributed by atoms with Gasteiger partial charge in [-0.2, -0.15) is 18.4 Å². The number of rotatable bonds is 4. The van der Waals surface area contributed by atoms with Crippen molar-refractivity contribution in [3.63, 3.8) is 0 Å². The molecule has 134 valence electrons. The van der Waals surface area contributed by atoms with Crippen molar-refractivity contribution < 1.29 is 13.2 Å². The lowest BCUT2D eigenvalue weighted by Crippen LogP contribution is -2.19. The van der Waals surface area contributed by atoms with Crippen molar-refractivity contribution in [3.05, 3.63) is 113 Å². The lowest BCUT2D eigenvalue weighted by Gasteiger charge is -2.20. The molecule has 0 saturated carbocycles. The number of hydrogen-bond acceptors (Lipinski definition) is 1. The quantitative estimate of drug-likeness (QED) is 0.531. The van der Waals surface area contributed by atoms with E-state index >= 15 is 0 Å². The topological polar surface area (TPSA) is 23.8 Å². The van der Waals surface area contributed by atoms with Gasteiger partial charge in [0.25, 0.3) is 0 Å². The highest BCUT2D eigenvalue weighted by Crippen LogP contribution is 2.39. The second-order valence-electron chi connectivity index (χ2n) is 6.07. The van der Waals surface area contributed by atoms with Gasteiger partial charge in [-0.15, -0.1) is 0 Å². The average molecular weight is 363 g/mol. The number of benzene rings is 3. The summed E-state index contributed by atoms with van der Waals surface area (Å²) in [6.07, 6.45) is -3.25. The molecule has 0 amide bonds. The van der Waals surface area contributed by atoms with E-state index in [0.717, 1.165) is 0 Å². The van der Waals surface area contributed by atoms with E-state index in [-0.39, 0.29) is 11.1 Å². The second-order valence-corrected chi connectivity index (χ2v) is 6.07. The summed E-state index contributed by atoms with van der Waals surface area (Å²) in [4.78, 5) is 0. The number of nitriles is 1. The average Bonchev–Trinajstić information content (AvgIpc) is 2.69. The number of hydrogen-bond donors (Lipinski definition) is 0. The molecule has 1 nitrogen and oxygen atoms in total. The van der Waals surface area contributed by atoms with E-state index in [2.05, 4.69) is 0 Å². The van der Waals surface area contributed by atoms with Crippen molar-refractivity contribution in [2.75, 3.05) is 0 Å². The van der Waals surface area contributed by atoms with Crippen LogP contribution in [0.2, 0.25) is 0 Å². The lowest BCUT2D eigenvalue weighted by molar-refractivity contribution is -0.139. The Bertz CT molecular complexity index is 926. The molecule has 0 N–H and O–H groups in total. The van der Waals surface area contributed by atoms with E-state index in [1.165, 1.54) is 30.3 Å². The van der Waals surface area contributed by atoms with Crippen LogP contribution < -0.4 is 0 Å². The predicted molar refractivity (Wildman–Crippen MR) is 99.9 cm³/mol. The summed E-state index contributed by atoms with van der Waals surface area (Å²) in [5.74, 6) is -1.82. The maximum Gasteiger partial charge on any atom is 0.399 e. The maximum atomic E-state index is 13.9. The molecule has 3 aromatic rings. The smallest absolute Gasteiger partial charge is 0.192 e. The van der Waals surface area contributed by atoms with Gasteiger partial charge in [0.05, 0.1) is 17.6 Å². The minimum Gasteiger partial charge on any atom is -0.192 e. The van der Waals surface area contributed by atoms with Gasteiger partial charge in [-0.25, -0.2) is 0 Å². The first kappa shape index (κ1) is 18.5. The summed E-state index contributed by atoms with van der Waals surface area (Å²) in [5, 5.41) is 9.04. The summed E-state index contributed by atoms with van der Waals surface area (Å²) in [5.41, 5.74) is 2.16. The monoisotopic (exact) mass is 363 g/mol. The van der Waals surface area contributed by atoms with Crippen LogP contribution in [0.15, 0.2) is 91.0 Å². The number of alkyl halides is 3. The fourth-order valence-corrected chi connectivity index (χ4v) is 2.94. The number of halogens is 3. The van der Waals surface area contributed by atoms with E-state index in [1.54, 1.807) is 48.5 Å². The van der Waals surface area contributed by atoms with Crippen LogP contribution in [0.5, 0.6) is 0 Å². The number of allylic oxidation sites excluding steroid dienone is 1. The Labute approximate surface area is 156 Å². The Morgan fingerprint density at radius 1 is 0.815 bits per heavy atom. The van der Waals surface area contributed by atoms with Gasteiger partial charge in [-0.3, -0.25) is 0 Å². The van der Waals surface area contributed by atoms with Gasteiger partial charge in [0, 0.05) is 0 Å². The van der Waals surface area contributed by atoms with Crippen LogP contribution in [0.4, 0.5) is 13.2 Å². The van der Waals surface area contributed by atoms with Crippen LogP contribution in [0, 0.1) is 11.3 Å². The Kier molecular flexibility index (Phi) is 5.42. The SMILES string of the molecule is N#Cc1cccc(C(C=C(c2ccccc2)c2ccccc2)C(F)(F)F)c1. The summed E-state index contributed by atoms with van der Waals surface area (Å²) in [7, 11) is 0. The van der Waals surface area contributed by atoms with E-state index in [0.29, 0.717) is 16.7 Å². The molecule has 27 heavy (non-hydrogen) atoms. The van der Waals surface area contributed by atoms with Crippen molar-refractivity contribution in [1.82, 2.24) is 0 Å². The van der Waals surface area contributed by atoms with E-state index < -0.39 is 12.1 Å². The molecule has 0 saturated heterocycles. The van der Waals surface area contributed by atoms with Gasteiger partial charge in [0.2, 0.25) is 0 Å². The molecular formula is C23H16F3N. The van der Waals surface area contributed by atoms with Crippen molar-refractivity contribution >= 4 is 5.57 Å². The zero-order valence-electron chi connectivity index (χ0n) is 14.3. The highest BCUT2D eigenvalue weighted by atomic mass is 19.4. The van der Waals surface area contributed by atoms with Gasteiger partial charge in [-0.05, 0) is 34.4 Å². The van der Waals surface area contributed by atoms with Crippen LogP contribution in [-0.2, 0) is 0 Å². The Morgan fingerprint density at radius 2 is 1.37 bits per heavy atom. The van der Waals surface area contributed by atoms with Gasteiger partial charge in [0.1, 0.15) is 0 Å². The Balaban J connectivity index is 2.19. The fraction of sp³-hybridized carbons (Fsp3) is 0.0870. The molecule has 3 aromatic carbocycles. The third-order valence-corrected chi connectivity index (χ3v) is 4.23. The zero-order chi connectivity index (χ0) is 19.3. The summed E-state index contributed by atoms with van der Waals surface area (Å²) in [6, 6.07) is 25.6. The van der Waals surface area contributed by atoms with E-state index in [4.69, 9.17) is 5.26 Å². The molecule has 0 fully saturated rings. The van der Waals surface area contributed by atoms with Crippen LogP contribution in [0.1, 0.15) is 28.2 Å². The first-order valence-corrected chi connectivity index (χ1v) is 8.38. The maximum absolute atomic E-state index is 13.9. The minimum absolute atomic E-state index is 0.0471. The van der Waals surface area contributed by atoms with Gasteiger partial charge >= 0.3 is 6.18 Å². The second kappa shape index (κ2) is 7.92. The third-order valence-electron chi connectivity index (χ3n) is 4.23. The van der Waals surface area contributed by atoms with Crippen molar-refractivity contribution in [2.24, 2.45) is 0 Å². The summed E-state index contributed by atoms with van der Waals surface area (Å²) < 4.78 is 41.7. The molecule has 1 atom stereocenters. The molecule has 0 spiro atoms. The molecule has 0 aliphatic carbocycles. The first-order valence-electron chi connectivity index (χ1n) is 8.38. The molecule has 0 radical (unpaired) electrons. The van der Waals surface area contributed by atoms with Crippen molar-refractivity contribution in [1.29, 1.82) is 5.26 Å². The van der Waals surface area contributed by atoms with Crippen LogP contribution in [0.3, 0.4) is 0 Å². The third kappa shape index (κ3) is 4.45. The van der Waals surface area contributed by atoms with Crippen molar-refractivity contribution in [3.8, 4) is 6.07 Å². The van der Waals surface area contributed by atoms with Crippen LogP contribution >= 0.6 is 0 Å². The molecule has 3 rings (SSSR count). The molecule has 0 aliphatic rings. The largest absolute Gasteiger partial charge is 0.399 e. The highest BCUT2D eigenvalue weighted by molar-refractivity contribution is 5.80. The van der Waals surface area contributed by atoms with E-state index in [1.807, 2.05) is 18.2 Å². The van der Waals surface area contributed by atoms with Gasteiger partial charge < -0.3 is 0 Å². The number of nitrogens with zero attached hydrogens (tertiary/aromatic N) is 1. The Hall–Kier alpha value is -3.32. The highest BCUT2D eigenvalue weighted by Gasteiger charge is 2.39. The molecule has 0 aromatic heterocycles. The first-order chi connectivity index (χ1) is 13.0. The fourth-order valence-electron chi connectivity index (χ4n) is 2.94. The minimum atomic E-state index is -4.48. The normalized spacial score (nSPS) is 12.1. The lowest BCUT2D eigenvalue weighted by atomic mass is 9.89. The summed E-state index contributed by atoms with van der Waals surface area (Å²) >= 11 is 0. The predicted octanol–water partition coefficient (Wildman–Crippen LogP) is 6.34. The molecular weight excluding hydrogens is 347 g/mol.